The van der Waals surface area contributed by atoms with Gasteiger partial charge >= 0.3 is 0 Å². The molecular weight excluding hydrogens is 160 g/mol. The van der Waals surface area contributed by atoms with Crippen LogP contribution in [0.4, 0.5) is 0 Å². The van der Waals surface area contributed by atoms with Gasteiger partial charge in [0.25, 0.3) is 0 Å². The second-order valence-electron chi connectivity index (χ2n) is 5.30. The molecule has 0 aromatic rings. The third-order valence-electron chi connectivity index (χ3n) is 3.96. The van der Waals surface area contributed by atoms with Crippen molar-refractivity contribution in [3.8, 4) is 0 Å². The summed E-state index contributed by atoms with van der Waals surface area (Å²) < 4.78 is 0. The van der Waals surface area contributed by atoms with Crippen LogP contribution in [0.2, 0.25) is 0 Å². The van der Waals surface area contributed by atoms with Gasteiger partial charge in [0.15, 0.2) is 0 Å². The predicted octanol–water partition coefficient (Wildman–Crippen LogP) is 2.96. The maximum atomic E-state index is 11.5. The number of rotatable bonds is 0. The fraction of sp³-hybridized carbons (Fsp3) is 0.750. The molecule has 2 rings (SSSR count). The number of allylic oxidation sites excluding steroid dienone is 1. The lowest BCUT2D eigenvalue weighted by Crippen LogP contribution is -2.39. The molecule has 0 aromatic carbocycles. The van der Waals surface area contributed by atoms with Crippen LogP contribution in [0.25, 0.3) is 0 Å². The van der Waals surface area contributed by atoms with Crippen molar-refractivity contribution < 1.29 is 4.79 Å². The van der Waals surface area contributed by atoms with Crippen LogP contribution < -0.4 is 0 Å². The van der Waals surface area contributed by atoms with Crippen molar-refractivity contribution in [2.75, 3.05) is 0 Å². The zero-order chi connectivity index (χ0) is 9.64. The topological polar surface area (TPSA) is 17.1 Å². The van der Waals surface area contributed by atoms with Crippen molar-refractivity contribution in [2.45, 2.75) is 39.5 Å². The van der Waals surface area contributed by atoms with E-state index in [0.29, 0.717) is 23.0 Å². The zero-order valence-electron chi connectivity index (χ0n) is 8.60. The van der Waals surface area contributed by atoms with E-state index in [-0.39, 0.29) is 0 Å². The molecule has 2 aliphatic rings. The predicted molar refractivity (Wildman–Crippen MR) is 53.4 cm³/mol. The number of ketones is 1. The summed E-state index contributed by atoms with van der Waals surface area (Å²) in [6.45, 7) is 8.73. The summed E-state index contributed by atoms with van der Waals surface area (Å²) in [7, 11) is 0. The maximum absolute atomic E-state index is 11.5. The van der Waals surface area contributed by atoms with E-state index in [1.807, 2.05) is 0 Å². The lowest BCUT2D eigenvalue weighted by Gasteiger charge is -2.46. The summed E-state index contributed by atoms with van der Waals surface area (Å²) in [4.78, 5) is 11.5. The highest BCUT2D eigenvalue weighted by molar-refractivity contribution is 5.81. The van der Waals surface area contributed by atoms with Crippen molar-refractivity contribution >= 4 is 5.78 Å². The van der Waals surface area contributed by atoms with E-state index in [9.17, 15) is 4.79 Å². The summed E-state index contributed by atoms with van der Waals surface area (Å²) in [6.07, 6.45) is 3.95. The van der Waals surface area contributed by atoms with Crippen LogP contribution in [0.5, 0.6) is 0 Å². The Morgan fingerprint density at radius 2 is 2.08 bits per heavy atom. The van der Waals surface area contributed by atoms with Crippen molar-refractivity contribution in [1.29, 1.82) is 0 Å². The minimum Gasteiger partial charge on any atom is -0.300 e. The van der Waals surface area contributed by atoms with Crippen molar-refractivity contribution in [1.82, 2.24) is 0 Å². The summed E-state index contributed by atoms with van der Waals surface area (Å²) in [5.41, 5.74) is 1.67. The number of hydrogen-bond donors (Lipinski definition) is 0. The van der Waals surface area contributed by atoms with Crippen LogP contribution in [0.1, 0.15) is 39.5 Å². The van der Waals surface area contributed by atoms with E-state index in [1.165, 1.54) is 18.4 Å². The Balaban J connectivity index is 2.29. The summed E-state index contributed by atoms with van der Waals surface area (Å²) in [6, 6.07) is 0. The highest BCUT2D eigenvalue weighted by atomic mass is 16.1. The molecule has 0 aliphatic heterocycles. The molecule has 0 spiro atoms. The molecule has 2 bridgehead atoms. The van der Waals surface area contributed by atoms with E-state index in [2.05, 4.69) is 20.4 Å². The molecule has 13 heavy (non-hydrogen) atoms. The van der Waals surface area contributed by atoms with Crippen LogP contribution in [0.15, 0.2) is 12.2 Å². The van der Waals surface area contributed by atoms with Gasteiger partial charge in [-0.2, -0.15) is 0 Å². The maximum Gasteiger partial charge on any atom is 0.134 e. The van der Waals surface area contributed by atoms with Crippen LogP contribution in [0, 0.1) is 17.3 Å². The molecule has 0 N–H and O–H groups in total. The van der Waals surface area contributed by atoms with Crippen LogP contribution in [-0.2, 0) is 4.79 Å². The first-order chi connectivity index (χ1) is 6.00. The fourth-order valence-electron chi connectivity index (χ4n) is 2.92. The highest BCUT2D eigenvalue weighted by Crippen LogP contribution is 2.51. The SMILES string of the molecule is C=C1C2CCC(C)(C)C1CC(=O)C2. The van der Waals surface area contributed by atoms with E-state index >= 15 is 0 Å². The first-order valence-corrected chi connectivity index (χ1v) is 5.21. The third kappa shape index (κ3) is 1.34. The first kappa shape index (κ1) is 8.98. The van der Waals surface area contributed by atoms with Gasteiger partial charge in [0.1, 0.15) is 5.78 Å². The average molecular weight is 178 g/mol. The largest absolute Gasteiger partial charge is 0.300 e. The van der Waals surface area contributed by atoms with Crippen molar-refractivity contribution in [2.24, 2.45) is 17.3 Å². The molecule has 0 saturated heterocycles. The Morgan fingerprint density at radius 3 is 2.77 bits per heavy atom. The molecule has 2 unspecified atom stereocenters. The van der Waals surface area contributed by atoms with Gasteiger partial charge in [0, 0.05) is 12.8 Å². The Hall–Kier alpha value is -0.590. The van der Waals surface area contributed by atoms with Gasteiger partial charge in [0.2, 0.25) is 0 Å². The number of fused-ring (bicyclic) bond motifs is 2. The Morgan fingerprint density at radius 1 is 1.38 bits per heavy atom. The molecule has 0 radical (unpaired) electrons. The molecular formula is C12H18O. The van der Waals surface area contributed by atoms with Gasteiger partial charge in [-0.25, -0.2) is 0 Å². The molecule has 2 atom stereocenters. The smallest absolute Gasteiger partial charge is 0.134 e. The molecule has 2 saturated carbocycles. The second kappa shape index (κ2) is 2.70. The standard InChI is InChI=1S/C12H18O/c1-8-9-4-5-12(2,3)11(8)7-10(13)6-9/h9,11H,1,4-7H2,2-3H3. The Bertz CT molecular complexity index is 262. The fourth-order valence-corrected chi connectivity index (χ4v) is 2.92. The van der Waals surface area contributed by atoms with Gasteiger partial charge in [0.05, 0.1) is 0 Å². The molecule has 2 fully saturated rings. The molecule has 1 heteroatoms. The molecule has 0 aromatic heterocycles. The number of hydrogen-bond acceptors (Lipinski definition) is 1. The summed E-state index contributed by atoms with van der Waals surface area (Å²) in [5.74, 6) is 1.43. The van der Waals surface area contributed by atoms with E-state index in [1.54, 1.807) is 0 Å². The van der Waals surface area contributed by atoms with E-state index < -0.39 is 0 Å². The quantitative estimate of drug-likeness (QED) is 0.521. The first-order valence-electron chi connectivity index (χ1n) is 5.21. The van der Waals surface area contributed by atoms with Gasteiger partial charge in [-0.05, 0) is 30.1 Å². The third-order valence-corrected chi connectivity index (χ3v) is 3.96. The monoisotopic (exact) mass is 178 g/mol. The highest BCUT2D eigenvalue weighted by Gasteiger charge is 2.43. The summed E-state index contributed by atoms with van der Waals surface area (Å²) in [5, 5.41) is 0. The molecule has 2 aliphatic carbocycles. The minimum atomic E-state index is 0.309. The second-order valence-corrected chi connectivity index (χ2v) is 5.30. The number of Topliss-reactive ketones (excluding diaryl/α,β-unsaturated/α-hetero) is 1. The number of carbonyl (C=O) groups is 1. The van der Waals surface area contributed by atoms with Crippen LogP contribution in [0.3, 0.4) is 0 Å². The number of carbonyl (C=O) groups excluding carboxylic acids is 1. The molecule has 1 nitrogen and oxygen atoms in total. The minimum absolute atomic E-state index is 0.309. The van der Waals surface area contributed by atoms with Crippen LogP contribution in [-0.4, -0.2) is 5.78 Å². The normalized spacial score (nSPS) is 37.7. The van der Waals surface area contributed by atoms with E-state index in [0.717, 1.165) is 12.8 Å². The molecule has 0 amide bonds. The van der Waals surface area contributed by atoms with Crippen LogP contribution >= 0.6 is 0 Å². The van der Waals surface area contributed by atoms with Gasteiger partial charge in [-0.3, -0.25) is 4.79 Å². The Labute approximate surface area is 80.2 Å². The zero-order valence-corrected chi connectivity index (χ0v) is 8.60. The van der Waals surface area contributed by atoms with Gasteiger partial charge < -0.3 is 0 Å². The average Bonchev–Trinajstić information content (AvgIpc) is 2.03. The lowest BCUT2D eigenvalue weighted by molar-refractivity contribution is -0.124. The van der Waals surface area contributed by atoms with Gasteiger partial charge in [-0.15, -0.1) is 0 Å². The van der Waals surface area contributed by atoms with Crippen molar-refractivity contribution in [3.05, 3.63) is 12.2 Å². The van der Waals surface area contributed by atoms with Gasteiger partial charge in [-0.1, -0.05) is 26.0 Å². The van der Waals surface area contributed by atoms with E-state index in [4.69, 9.17) is 0 Å². The molecule has 72 valence electrons. The van der Waals surface area contributed by atoms with Crippen molar-refractivity contribution in [3.63, 3.8) is 0 Å². The lowest BCUT2D eigenvalue weighted by atomic mass is 9.58. The summed E-state index contributed by atoms with van der Waals surface area (Å²) >= 11 is 0. The molecule has 0 heterocycles. The Kier molecular flexibility index (Phi) is 1.86.